The molecule has 2 rings (SSSR count). The zero-order valence-corrected chi connectivity index (χ0v) is 13.5. The second kappa shape index (κ2) is 8.66. The van der Waals surface area contributed by atoms with Crippen molar-refractivity contribution in [3.63, 3.8) is 0 Å². The minimum Gasteiger partial charge on any atom is -0.492 e. The van der Waals surface area contributed by atoms with Crippen molar-refractivity contribution in [3.05, 3.63) is 64.1 Å². The van der Waals surface area contributed by atoms with Crippen LogP contribution in [-0.2, 0) is 11.3 Å². The average molecular weight is 338 g/mol. The predicted molar refractivity (Wildman–Crippen MR) is 89.5 cm³/mol. The number of amides is 1. The van der Waals surface area contributed by atoms with E-state index in [-0.39, 0.29) is 5.91 Å². The molecule has 0 aromatic heterocycles. The minimum atomic E-state index is 0.00894. The third-order valence-electron chi connectivity index (χ3n) is 3.03. The van der Waals surface area contributed by atoms with Crippen LogP contribution in [0.4, 0.5) is 0 Å². The van der Waals surface area contributed by atoms with Crippen molar-refractivity contribution in [2.24, 2.45) is 0 Å². The molecule has 0 saturated heterocycles. The van der Waals surface area contributed by atoms with Crippen LogP contribution in [0.3, 0.4) is 0 Å². The number of hydrogen-bond acceptors (Lipinski definition) is 2. The monoisotopic (exact) mass is 337 g/mol. The van der Waals surface area contributed by atoms with E-state index in [4.69, 9.17) is 27.9 Å². The molecule has 0 radical (unpaired) electrons. The van der Waals surface area contributed by atoms with Gasteiger partial charge in [-0.15, -0.1) is 0 Å². The highest BCUT2D eigenvalue weighted by Gasteiger charge is 2.04. The number of rotatable bonds is 7. The Hall–Kier alpha value is -1.71. The van der Waals surface area contributed by atoms with Gasteiger partial charge in [0.25, 0.3) is 0 Å². The van der Waals surface area contributed by atoms with Gasteiger partial charge in [-0.1, -0.05) is 53.5 Å². The Bertz CT molecular complexity index is 617. The molecule has 5 heteroatoms. The summed E-state index contributed by atoms with van der Waals surface area (Å²) >= 11 is 11.8. The Morgan fingerprint density at radius 1 is 1.09 bits per heavy atom. The molecule has 0 bridgehead atoms. The molecule has 0 atom stereocenters. The molecule has 2 aromatic carbocycles. The molecule has 0 aliphatic carbocycles. The van der Waals surface area contributed by atoms with Crippen LogP contribution in [0.15, 0.2) is 48.5 Å². The molecule has 0 aliphatic rings. The van der Waals surface area contributed by atoms with E-state index in [9.17, 15) is 4.79 Å². The summed E-state index contributed by atoms with van der Waals surface area (Å²) in [5.41, 5.74) is 1.08. The van der Waals surface area contributed by atoms with Crippen molar-refractivity contribution in [1.82, 2.24) is 5.32 Å². The third kappa shape index (κ3) is 5.58. The lowest BCUT2D eigenvalue weighted by Crippen LogP contribution is -2.22. The van der Waals surface area contributed by atoms with E-state index in [2.05, 4.69) is 5.32 Å². The summed E-state index contributed by atoms with van der Waals surface area (Å²) < 4.78 is 5.53. The summed E-state index contributed by atoms with van der Waals surface area (Å²) in [5.74, 6) is 0.588. The van der Waals surface area contributed by atoms with Gasteiger partial charge in [0.2, 0.25) is 5.91 Å². The summed E-state index contributed by atoms with van der Waals surface area (Å²) in [6.45, 7) is 0.976. The van der Waals surface area contributed by atoms with E-state index in [0.717, 1.165) is 5.56 Å². The summed E-state index contributed by atoms with van der Waals surface area (Å²) in [6.07, 6.45) is 1.04. The number of halogens is 2. The first-order valence-electron chi connectivity index (χ1n) is 7.03. The van der Waals surface area contributed by atoms with Crippen LogP contribution in [0.1, 0.15) is 18.4 Å². The third-order valence-corrected chi connectivity index (χ3v) is 3.56. The highest BCUT2D eigenvalue weighted by Crippen LogP contribution is 2.27. The Balaban J connectivity index is 1.65. The Labute approximate surface area is 140 Å². The Kier molecular flexibility index (Phi) is 6.56. The number of nitrogens with one attached hydrogen (secondary N) is 1. The quantitative estimate of drug-likeness (QED) is 0.757. The molecule has 2 aromatic rings. The fraction of sp³-hybridized carbons (Fsp3) is 0.235. The molecule has 0 aliphatic heterocycles. The molecule has 0 heterocycles. The van der Waals surface area contributed by atoms with Crippen molar-refractivity contribution < 1.29 is 9.53 Å². The van der Waals surface area contributed by atoms with Gasteiger partial charge in [0.15, 0.2) is 0 Å². The van der Waals surface area contributed by atoms with Crippen LogP contribution in [-0.4, -0.2) is 12.5 Å². The topological polar surface area (TPSA) is 38.3 Å². The Morgan fingerprint density at radius 2 is 1.86 bits per heavy atom. The minimum absolute atomic E-state index is 0.00894. The van der Waals surface area contributed by atoms with E-state index >= 15 is 0 Å². The number of benzene rings is 2. The molecule has 0 fully saturated rings. The van der Waals surface area contributed by atoms with E-state index in [1.807, 2.05) is 30.3 Å². The van der Waals surface area contributed by atoms with E-state index in [1.54, 1.807) is 18.2 Å². The highest BCUT2D eigenvalue weighted by molar-refractivity contribution is 6.35. The standard InChI is InChI=1S/C17H17Cl2NO2/c18-14-8-9-16(15(19)11-14)22-10-4-7-17(21)20-12-13-5-2-1-3-6-13/h1-3,5-6,8-9,11H,4,7,10,12H2,(H,20,21). The summed E-state index contributed by atoms with van der Waals surface area (Å²) in [5, 5.41) is 3.92. The number of ether oxygens (including phenoxy) is 1. The zero-order chi connectivity index (χ0) is 15.8. The lowest BCUT2D eigenvalue weighted by molar-refractivity contribution is -0.121. The van der Waals surface area contributed by atoms with Gasteiger partial charge >= 0.3 is 0 Å². The fourth-order valence-electron chi connectivity index (χ4n) is 1.89. The van der Waals surface area contributed by atoms with Crippen molar-refractivity contribution in [1.29, 1.82) is 0 Å². The van der Waals surface area contributed by atoms with Gasteiger partial charge in [-0.2, -0.15) is 0 Å². The van der Waals surface area contributed by atoms with Crippen molar-refractivity contribution in [3.8, 4) is 5.75 Å². The highest BCUT2D eigenvalue weighted by atomic mass is 35.5. The van der Waals surface area contributed by atoms with Gasteiger partial charge in [-0.25, -0.2) is 0 Å². The molecule has 1 amide bonds. The lowest BCUT2D eigenvalue weighted by atomic mass is 10.2. The van der Waals surface area contributed by atoms with Gasteiger partial charge in [0, 0.05) is 18.0 Å². The molecule has 0 spiro atoms. The lowest BCUT2D eigenvalue weighted by Gasteiger charge is -2.08. The van der Waals surface area contributed by atoms with E-state index in [1.165, 1.54) is 0 Å². The summed E-state index contributed by atoms with van der Waals surface area (Å²) in [7, 11) is 0. The maximum Gasteiger partial charge on any atom is 0.220 e. The van der Waals surface area contributed by atoms with Crippen LogP contribution >= 0.6 is 23.2 Å². The largest absolute Gasteiger partial charge is 0.492 e. The molecule has 0 saturated carbocycles. The normalized spacial score (nSPS) is 10.3. The SMILES string of the molecule is O=C(CCCOc1ccc(Cl)cc1Cl)NCc1ccccc1. The van der Waals surface area contributed by atoms with Crippen LogP contribution in [0.25, 0.3) is 0 Å². The number of hydrogen-bond donors (Lipinski definition) is 1. The smallest absolute Gasteiger partial charge is 0.220 e. The average Bonchev–Trinajstić information content (AvgIpc) is 2.52. The molecule has 116 valence electrons. The predicted octanol–water partition coefficient (Wildman–Crippen LogP) is 4.47. The first-order chi connectivity index (χ1) is 10.6. The molecule has 3 nitrogen and oxygen atoms in total. The van der Waals surface area contributed by atoms with Crippen LogP contribution in [0.5, 0.6) is 5.75 Å². The second-order valence-electron chi connectivity index (χ2n) is 4.79. The van der Waals surface area contributed by atoms with Gasteiger partial charge in [0.1, 0.15) is 5.75 Å². The summed E-state index contributed by atoms with van der Waals surface area (Å²) in [4.78, 5) is 11.7. The van der Waals surface area contributed by atoms with E-state index < -0.39 is 0 Å². The number of carbonyl (C=O) groups excluding carboxylic acids is 1. The summed E-state index contributed by atoms with van der Waals surface area (Å²) in [6, 6.07) is 14.9. The zero-order valence-electron chi connectivity index (χ0n) is 12.0. The van der Waals surface area contributed by atoms with Crippen LogP contribution in [0, 0.1) is 0 Å². The molecule has 1 N–H and O–H groups in total. The van der Waals surface area contributed by atoms with E-state index in [0.29, 0.717) is 41.8 Å². The first kappa shape index (κ1) is 16.7. The van der Waals surface area contributed by atoms with Crippen LogP contribution < -0.4 is 10.1 Å². The Morgan fingerprint density at radius 3 is 2.59 bits per heavy atom. The molecule has 0 unspecified atom stereocenters. The van der Waals surface area contributed by atoms with Gasteiger partial charge in [-0.3, -0.25) is 4.79 Å². The molecule has 22 heavy (non-hydrogen) atoms. The second-order valence-corrected chi connectivity index (χ2v) is 5.63. The molecular formula is C17H17Cl2NO2. The van der Waals surface area contributed by atoms with Gasteiger partial charge < -0.3 is 10.1 Å². The van der Waals surface area contributed by atoms with Crippen LogP contribution in [0.2, 0.25) is 10.0 Å². The number of carbonyl (C=O) groups is 1. The van der Waals surface area contributed by atoms with Crippen molar-refractivity contribution in [2.45, 2.75) is 19.4 Å². The fourth-order valence-corrected chi connectivity index (χ4v) is 2.36. The molecular weight excluding hydrogens is 321 g/mol. The van der Waals surface area contributed by atoms with Gasteiger partial charge in [0.05, 0.1) is 11.6 Å². The van der Waals surface area contributed by atoms with Crippen molar-refractivity contribution >= 4 is 29.1 Å². The maximum absolute atomic E-state index is 11.7. The van der Waals surface area contributed by atoms with Gasteiger partial charge in [-0.05, 0) is 30.2 Å². The first-order valence-corrected chi connectivity index (χ1v) is 7.79. The van der Waals surface area contributed by atoms with Crippen molar-refractivity contribution in [2.75, 3.05) is 6.61 Å². The maximum atomic E-state index is 11.7.